The minimum absolute atomic E-state index is 0.206. The summed E-state index contributed by atoms with van der Waals surface area (Å²) in [5.74, 6) is 5.56. The largest absolute Gasteiger partial charge is 0.382 e. The van der Waals surface area contributed by atoms with Gasteiger partial charge in [-0.1, -0.05) is 0 Å². The maximum Gasteiger partial charge on any atom is 0.0565 e. The van der Waals surface area contributed by atoms with Crippen LogP contribution in [0.15, 0.2) is 15.9 Å². The number of hydrogen-bond acceptors (Lipinski definition) is 4. The van der Waals surface area contributed by atoms with Crippen LogP contribution < -0.4 is 11.3 Å². The molecule has 5 heteroatoms. The molecular formula is C10H17BrN2OS. The van der Waals surface area contributed by atoms with E-state index in [0.717, 1.165) is 17.3 Å². The van der Waals surface area contributed by atoms with Crippen molar-refractivity contribution in [3.05, 3.63) is 20.8 Å². The SMILES string of the molecule is COC(C)CCC(NN)c1sccc1Br. The first-order chi connectivity index (χ1) is 7.19. The number of halogens is 1. The van der Waals surface area contributed by atoms with Crippen molar-refractivity contribution < 1.29 is 4.74 Å². The molecule has 1 heterocycles. The summed E-state index contributed by atoms with van der Waals surface area (Å²) >= 11 is 5.23. The molecule has 0 aliphatic heterocycles. The van der Waals surface area contributed by atoms with Gasteiger partial charge in [0.2, 0.25) is 0 Å². The third kappa shape index (κ3) is 3.85. The Morgan fingerprint density at radius 2 is 2.33 bits per heavy atom. The first-order valence-electron chi connectivity index (χ1n) is 4.90. The van der Waals surface area contributed by atoms with E-state index >= 15 is 0 Å². The Bertz CT molecular complexity index is 293. The van der Waals surface area contributed by atoms with Gasteiger partial charge in [0.25, 0.3) is 0 Å². The summed E-state index contributed by atoms with van der Waals surface area (Å²) < 4.78 is 6.34. The van der Waals surface area contributed by atoms with Crippen LogP contribution in [-0.4, -0.2) is 13.2 Å². The summed E-state index contributed by atoms with van der Waals surface area (Å²) in [6, 6.07) is 2.25. The average Bonchev–Trinajstić information content (AvgIpc) is 2.65. The van der Waals surface area contributed by atoms with Crippen LogP contribution in [0.3, 0.4) is 0 Å². The zero-order chi connectivity index (χ0) is 11.3. The van der Waals surface area contributed by atoms with E-state index in [1.54, 1.807) is 18.4 Å². The van der Waals surface area contributed by atoms with Crippen LogP contribution in [0.25, 0.3) is 0 Å². The molecule has 15 heavy (non-hydrogen) atoms. The second-order valence-electron chi connectivity index (χ2n) is 3.48. The number of thiophene rings is 1. The Morgan fingerprint density at radius 3 is 2.80 bits per heavy atom. The summed E-state index contributed by atoms with van der Waals surface area (Å²) in [6.07, 6.45) is 2.25. The normalized spacial score (nSPS) is 15.2. The van der Waals surface area contributed by atoms with Crippen molar-refractivity contribution in [1.82, 2.24) is 5.43 Å². The first kappa shape index (κ1) is 13.1. The van der Waals surface area contributed by atoms with Gasteiger partial charge in [0.1, 0.15) is 0 Å². The summed E-state index contributed by atoms with van der Waals surface area (Å²) in [5, 5.41) is 2.06. The van der Waals surface area contributed by atoms with E-state index < -0.39 is 0 Å². The minimum Gasteiger partial charge on any atom is -0.382 e. The quantitative estimate of drug-likeness (QED) is 0.626. The first-order valence-corrected chi connectivity index (χ1v) is 6.58. The molecule has 3 nitrogen and oxygen atoms in total. The fraction of sp³-hybridized carbons (Fsp3) is 0.600. The average molecular weight is 293 g/mol. The van der Waals surface area contributed by atoms with Crippen molar-refractivity contribution in [3.8, 4) is 0 Å². The summed E-state index contributed by atoms with van der Waals surface area (Å²) in [5.41, 5.74) is 2.85. The Balaban J connectivity index is 2.53. The fourth-order valence-corrected chi connectivity index (χ4v) is 3.11. The third-order valence-electron chi connectivity index (χ3n) is 2.43. The van der Waals surface area contributed by atoms with Crippen molar-refractivity contribution in [2.75, 3.05) is 7.11 Å². The molecule has 0 aliphatic carbocycles. The Kier molecular flexibility index (Phi) is 5.78. The van der Waals surface area contributed by atoms with E-state index in [1.807, 2.05) is 6.07 Å². The molecule has 1 aromatic rings. The van der Waals surface area contributed by atoms with Crippen LogP contribution in [0.1, 0.15) is 30.7 Å². The van der Waals surface area contributed by atoms with Crippen LogP contribution >= 0.6 is 27.3 Å². The lowest BCUT2D eigenvalue weighted by atomic mass is 10.1. The highest BCUT2D eigenvalue weighted by Crippen LogP contribution is 2.31. The number of hydrogen-bond donors (Lipinski definition) is 2. The van der Waals surface area contributed by atoms with Crippen molar-refractivity contribution in [1.29, 1.82) is 0 Å². The molecule has 2 unspecified atom stereocenters. The molecule has 0 saturated heterocycles. The highest BCUT2D eigenvalue weighted by Gasteiger charge is 2.15. The second kappa shape index (κ2) is 6.60. The molecule has 1 aromatic heterocycles. The van der Waals surface area contributed by atoms with Gasteiger partial charge < -0.3 is 4.74 Å². The topological polar surface area (TPSA) is 47.3 Å². The molecule has 86 valence electrons. The zero-order valence-electron chi connectivity index (χ0n) is 9.00. The Morgan fingerprint density at radius 1 is 1.60 bits per heavy atom. The van der Waals surface area contributed by atoms with Crippen molar-refractivity contribution in [3.63, 3.8) is 0 Å². The lowest BCUT2D eigenvalue weighted by Crippen LogP contribution is -2.28. The number of ether oxygens (including phenoxy) is 1. The van der Waals surface area contributed by atoms with Gasteiger partial charge >= 0.3 is 0 Å². The highest BCUT2D eigenvalue weighted by molar-refractivity contribution is 9.10. The predicted octanol–water partition coefficient (Wildman–Crippen LogP) is 2.83. The molecule has 0 bridgehead atoms. The van der Waals surface area contributed by atoms with Gasteiger partial charge in [-0.2, -0.15) is 0 Å². The van der Waals surface area contributed by atoms with Gasteiger partial charge in [0, 0.05) is 16.5 Å². The lowest BCUT2D eigenvalue weighted by molar-refractivity contribution is 0.106. The van der Waals surface area contributed by atoms with Crippen molar-refractivity contribution >= 4 is 27.3 Å². The van der Waals surface area contributed by atoms with Gasteiger partial charge in [0.05, 0.1) is 12.1 Å². The standard InChI is InChI=1S/C10H17BrN2OS/c1-7(14-2)3-4-9(13-12)10-8(11)5-6-15-10/h5-7,9,13H,3-4,12H2,1-2H3. The number of nitrogens with two attached hydrogens (primary N) is 1. The zero-order valence-corrected chi connectivity index (χ0v) is 11.4. The van der Waals surface area contributed by atoms with Crippen molar-refractivity contribution in [2.24, 2.45) is 5.84 Å². The summed E-state index contributed by atoms with van der Waals surface area (Å²) in [4.78, 5) is 1.25. The van der Waals surface area contributed by atoms with E-state index in [2.05, 4.69) is 33.7 Å². The summed E-state index contributed by atoms with van der Waals surface area (Å²) in [6.45, 7) is 2.07. The minimum atomic E-state index is 0.206. The van der Waals surface area contributed by atoms with E-state index in [4.69, 9.17) is 10.6 Å². The fourth-order valence-electron chi connectivity index (χ4n) is 1.36. The molecule has 3 N–H and O–H groups in total. The van der Waals surface area contributed by atoms with E-state index in [-0.39, 0.29) is 12.1 Å². The number of rotatable bonds is 6. The number of nitrogens with one attached hydrogen (secondary N) is 1. The van der Waals surface area contributed by atoms with Gasteiger partial charge in [-0.25, -0.2) is 0 Å². The molecule has 0 aliphatic rings. The molecule has 0 fully saturated rings. The smallest absolute Gasteiger partial charge is 0.0565 e. The maximum atomic E-state index is 5.56. The predicted molar refractivity (Wildman–Crippen MR) is 67.8 cm³/mol. The van der Waals surface area contributed by atoms with Crippen LogP contribution in [0.2, 0.25) is 0 Å². The highest BCUT2D eigenvalue weighted by atomic mass is 79.9. The molecule has 2 atom stereocenters. The van der Waals surface area contributed by atoms with Crippen LogP contribution in [-0.2, 0) is 4.74 Å². The molecule has 0 radical (unpaired) electrons. The third-order valence-corrected chi connectivity index (χ3v) is 4.41. The maximum absolute atomic E-state index is 5.56. The summed E-state index contributed by atoms with van der Waals surface area (Å²) in [7, 11) is 1.73. The van der Waals surface area contributed by atoms with Gasteiger partial charge in [-0.15, -0.1) is 11.3 Å². The molecule has 0 amide bonds. The molecule has 0 saturated carbocycles. The Hall–Kier alpha value is 0.0600. The van der Waals surface area contributed by atoms with Gasteiger partial charge in [-0.05, 0) is 47.1 Å². The van der Waals surface area contributed by atoms with Gasteiger partial charge in [0.15, 0.2) is 0 Å². The Labute approximate surface area is 103 Å². The van der Waals surface area contributed by atoms with Gasteiger partial charge in [-0.3, -0.25) is 11.3 Å². The number of methoxy groups -OCH3 is 1. The van der Waals surface area contributed by atoms with Crippen LogP contribution in [0.5, 0.6) is 0 Å². The molecular weight excluding hydrogens is 276 g/mol. The molecule has 1 rings (SSSR count). The lowest BCUT2D eigenvalue weighted by Gasteiger charge is -2.17. The van der Waals surface area contributed by atoms with Crippen molar-refractivity contribution in [2.45, 2.75) is 31.9 Å². The molecule has 0 spiro atoms. The second-order valence-corrected chi connectivity index (χ2v) is 5.28. The van der Waals surface area contributed by atoms with Crippen LogP contribution in [0, 0.1) is 0 Å². The monoisotopic (exact) mass is 292 g/mol. The van der Waals surface area contributed by atoms with E-state index in [0.29, 0.717) is 0 Å². The van der Waals surface area contributed by atoms with Crippen LogP contribution in [0.4, 0.5) is 0 Å². The number of hydrazine groups is 1. The van der Waals surface area contributed by atoms with E-state index in [9.17, 15) is 0 Å². The van der Waals surface area contributed by atoms with E-state index in [1.165, 1.54) is 4.88 Å². The molecule has 0 aromatic carbocycles.